The summed E-state index contributed by atoms with van der Waals surface area (Å²) in [6.07, 6.45) is 3.56. The summed E-state index contributed by atoms with van der Waals surface area (Å²) in [5, 5.41) is 20.9. The van der Waals surface area contributed by atoms with E-state index in [1.165, 1.54) is 11.8 Å². The molecule has 8 heteroatoms. The van der Waals surface area contributed by atoms with Gasteiger partial charge in [-0.05, 0) is 31.5 Å². The Labute approximate surface area is 139 Å². The average molecular weight is 333 g/mol. The molecule has 1 fully saturated rings. The van der Waals surface area contributed by atoms with Gasteiger partial charge in [0.15, 0.2) is 11.4 Å². The molecule has 0 spiro atoms. The van der Waals surface area contributed by atoms with Gasteiger partial charge in [0, 0.05) is 31.9 Å². The van der Waals surface area contributed by atoms with Gasteiger partial charge in [0.05, 0.1) is 11.3 Å². The quantitative estimate of drug-likeness (QED) is 0.375. The van der Waals surface area contributed by atoms with E-state index in [1.807, 2.05) is 6.07 Å². The fraction of sp³-hybridized carbons (Fsp3) is 0.400. The molecule has 1 aliphatic heterocycles. The number of piperazine rings is 1. The zero-order chi connectivity index (χ0) is 16.8. The molecule has 0 unspecified atom stereocenters. The SMILES string of the molecule is CSC(=Nc1ccc(N2CCN(C)CC2)cc1C(=O)O)NC#N. The molecule has 1 heterocycles. The number of anilines is 1. The number of carboxylic acids is 1. The minimum absolute atomic E-state index is 0.132. The van der Waals surface area contributed by atoms with Crippen LogP contribution in [0, 0.1) is 11.5 Å². The van der Waals surface area contributed by atoms with Gasteiger partial charge in [-0.15, -0.1) is 0 Å². The number of nitrogens with zero attached hydrogens (tertiary/aromatic N) is 4. The standard InChI is InChI=1S/C15H19N5O2S/c1-19-5-7-20(8-6-19)11-3-4-13(12(9-11)14(21)22)18-15(23-2)17-10-16/h3-4,9H,5-8H2,1-2H3,(H,17,18)(H,21,22). The number of carboxylic acid groups (broad SMARTS) is 1. The van der Waals surface area contributed by atoms with Crippen molar-refractivity contribution >= 4 is 34.3 Å². The largest absolute Gasteiger partial charge is 0.478 e. The predicted molar refractivity (Wildman–Crippen MR) is 92.5 cm³/mol. The molecule has 122 valence electrons. The normalized spacial score (nSPS) is 16.0. The topological polar surface area (TPSA) is 92.0 Å². The van der Waals surface area contributed by atoms with Crippen molar-refractivity contribution in [3.63, 3.8) is 0 Å². The predicted octanol–water partition coefficient (Wildman–Crippen LogP) is 1.56. The first-order valence-corrected chi connectivity index (χ1v) is 8.36. The molecule has 23 heavy (non-hydrogen) atoms. The van der Waals surface area contributed by atoms with E-state index in [-0.39, 0.29) is 5.56 Å². The summed E-state index contributed by atoms with van der Waals surface area (Å²) in [7, 11) is 2.07. The number of aromatic carboxylic acids is 1. The van der Waals surface area contributed by atoms with Crippen molar-refractivity contribution in [3.8, 4) is 6.19 Å². The molecule has 2 rings (SSSR count). The number of nitrogens with one attached hydrogen (secondary N) is 1. The van der Waals surface area contributed by atoms with E-state index in [0.29, 0.717) is 10.9 Å². The lowest BCUT2D eigenvalue weighted by Gasteiger charge is -2.34. The number of benzene rings is 1. The summed E-state index contributed by atoms with van der Waals surface area (Å²) in [5.41, 5.74) is 1.35. The van der Waals surface area contributed by atoms with Crippen LogP contribution in [0.15, 0.2) is 23.2 Å². The Morgan fingerprint density at radius 1 is 1.39 bits per heavy atom. The van der Waals surface area contributed by atoms with E-state index < -0.39 is 5.97 Å². The monoisotopic (exact) mass is 333 g/mol. The maximum atomic E-state index is 11.5. The van der Waals surface area contributed by atoms with Crippen LogP contribution in [-0.4, -0.2) is 60.6 Å². The highest BCUT2D eigenvalue weighted by atomic mass is 32.2. The molecule has 1 saturated heterocycles. The third-order valence-corrected chi connectivity index (χ3v) is 4.24. The van der Waals surface area contributed by atoms with Gasteiger partial charge in [-0.3, -0.25) is 5.32 Å². The van der Waals surface area contributed by atoms with Crippen LogP contribution in [0.25, 0.3) is 0 Å². The fourth-order valence-corrected chi connectivity index (χ4v) is 2.67. The van der Waals surface area contributed by atoms with E-state index in [4.69, 9.17) is 5.26 Å². The van der Waals surface area contributed by atoms with Crippen LogP contribution in [0.4, 0.5) is 11.4 Å². The van der Waals surface area contributed by atoms with Crippen molar-refractivity contribution in [2.24, 2.45) is 4.99 Å². The second-order valence-electron chi connectivity index (χ2n) is 5.15. The van der Waals surface area contributed by atoms with E-state index in [1.54, 1.807) is 24.6 Å². The van der Waals surface area contributed by atoms with Crippen molar-refractivity contribution in [1.82, 2.24) is 10.2 Å². The van der Waals surface area contributed by atoms with Crippen molar-refractivity contribution in [3.05, 3.63) is 23.8 Å². The van der Waals surface area contributed by atoms with E-state index >= 15 is 0 Å². The highest BCUT2D eigenvalue weighted by Crippen LogP contribution is 2.27. The molecule has 2 N–H and O–H groups in total. The van der Waals surface area contributed by atoms with Crippen LogP contribution in [-0.2, 0) is 0 Å². The minimum atomic E-state index is -1.03. The van der Waals surface area contributed by atoms with Crippen molar-refractivity contribution in [2.45, 2.75) is 0 Å². The van der Waals surface area contributed by atoms with Crippen LogP contribution in [0.2, 0.25) is 0 Å². The van der Waals surface area contributed by atoms with Gasteiger partial charge in [-0.25, -0.2) is 9.79 Å². The number of nitriles is 1. The Morgan fingerprint density at radius 3 is 2.65 bits per heavy atom. The number of carbonyl (C=O) groups is 1. The maximum absolute atomic E-state index is 11.5. The second-order valence-corrected chi connectivity index (χ2v) is 5.95. The van der Waals surface area contributed by atoms with Crippen LogP contribution in [0.1, 0.15) is 10.4 Å². The van der Waals surface area contributed by atoms with Gasteiger partial charge < -0.3 is 14.9 Å². The summed E-state index contributed by atoms with van der Waals surface area (Å²) in [4.78, 5) is 20.2. The Morgan fingerprint density at radius 2 is 2.09 bits per heavy atom. The average Bonchev–Trinajstić information content (AvgIpc) is 2.55. The van der Waals surface area contributed by atoms with Gasteiger partial charge in [0.2, 0.25) is 0 Å². The molecule has 0 radical (unpaired) electrons. The smallest absolute Gasteiger partial charge is 0.337 e. The maximum Gasteiger partial charge on any atom is 0.337 e. The third kappa shape index (κ3) is 4.37. The summed E-state index contributed by atoms with van der Waals surface area (Å²) in [6.45, 7) is 3.63. The summed E-state index contributed by atoms with van der Waals surface area (Å²) >= 11 is 1.25. The van der Waals surface area contributed by atoms with Gasteiger partial charge in [0.25, 0.3) is 0 Å². The lowest BCUT2D eigenvalue weighted by atomic mass is 10.1. The van der Waals surface area contributed by atoms with Gasteiger partial charge >= 0.3 is 5.97 Å². The highest BCUT2D eigenvalue weighted by molar-refractivity contribution is 8.13. The lowest BCUT2D eigenvalue weighted by molar-refractivity contribution is 0.0698. The van der Waals surface area contributed by atoms with Gasteiger partial charge in [0.1, 0.15) is 0 Å². The number of aliphatic imine (C=N–C) groups is 1. The van der Waals surface area contributed by atoms with Crippen LogP contribution < -0.4 is 10.2 Å². The molecule has 0 aromatic heterocycles. The molecule has 0 amide bonds. The molecule has 1 aliphatic rings. The van der Waals surface area contributed by atoms with Gasteiger partial charge in [-0.2, -0.15) is 5.26 Å². The fourth-order valence-electron chi connectivity index (χ4n) is 2.34. The molecular weight excluding hydrogens is 314 g/mol. The number of rotatable bonds is 3. The first kappa shape index (κ1) is 17.1. The van der Waals surface area contributed by atoms with Crippen molar-refractivity contribution < 1.29 is 9.90 Å². The number of hydrogen-bond acceptors (Lipinski definition) is 6. The molecule has 0 atom stereocenters. The second kappa shape index (κ2) is 7.85. The minimum Gasteiger partial charge on any atom is -0.478 e. The van der Waals surface area contributed by atoms with E-state index in [9.17, 15) is 9.90 Å². The molecule has 7 nitrogen and oxygen atoms in total. The van der Waals surface area contributed by atoms with Crippen molar-refractivity contribution in [1.29, 1.82) is 5.26 Å². The van der Waals surface area contributed by atoms with E-state index in [2.05, 4.69) is 27.2 Å². The Hall–Kier alpha value is -2.24. The Kier molecular flexibility index (Phi) is 5.84. The lowest BCUT2D eigenvalue weighted by Crippen LogP contribution is -2.44. The molecule has 0 aliphatic carbocycles. The highest BCUT2D eigenvalue weighted by Gasteiger charge is 2.18. The van der Waals surface area contributed by atoms with Crippen LogP contribution in [0.3, 0.4) is 0 Å². The first-order valence-electron chi connectivity index (χ1n) is 7.13. The zero-order valence-electron chi connectivity index (χ0n) is 13.1. The third-order valence-electron chi connectivity index (χ3n) is 3.66. The number of likely N-dealkylation sites (N-methyl/N-ethyl adjacent to an activating group) is 1. The summed E-state index contributed by atoms with van der Waals surface area (Å²) in [5.74, 6) is -1.03. The number of amidine groups is 1. The molecule has 0 bridgehead atoms. The molecule has 0 saturated carbocycles. The summed E-state index contributed by atoms with van der Waals surface area (Å²) < 4.78 is 0. The van der Waals surface area contributed by atoms with Gasteiger partial charge in [-0.1, -0.05) is 11.8 Å². The molecule has 1 aromatic carbocycles. The van der Waals surface area contributed by atoms with Crippen LogP contribution >= 0.6 is 11.8 Å². The van der Waals surface area contributed by atoms with E-state index in [0.717, 1.165) is 31.9 Å². The Balaban J connectivity index is 2.32. The zero-order valence-corrected chi connectivity index (χ0v) is 13.9. The number of hydrogen-bond donors (Lipinski definition) is 2. The van der Waals surface area contributed by atoms with Crippen LogP contribution in [0.5, 0.6) is 0 Å². The number of thioether (sulfide) groups is 1. The first-order chi connectivity index (χ1) is 11.0. The summed E-state index contributed by atoms with van der Waals surface area (Å²) in [6, 6.07) is 5.21. The molecular formula is C15H19N5O2S. The molecule has 1 aromatic rings. The Bertz CT molecular complexity index is 648. The van der Waals surface area contributed by atoms with Crippen molar-refractivity contribution in [2.75, 3.05) is 44.4 Å².